The molecule has 1 saturated heterocycles. The van der Waals surface area contributed by atoms with E-state index in [0.717, 1.165) is 13.0 Å². The summed E-state index contributed by atoms with van der Waals surface area (Å²) in [6.07, 6.45) is 0.922. The molecule has 1 atom stereocenters. The lowest BCUT2D eigenvalue weighted by Gasteiger charge is -2.13. The van der Waals surface area contributed by atoms with Crippen molar-refractivity contribution in [2.24, 2.45) is 0 Å². The minimum Gasteiger partial charge on any atom is -0.379 e. The van der Waals surface area contributed by atoms with E-state index in [-0.39, 0.29) is 18.1 Å². The summed E-state index contributed by atoms with van der Waals surface area (Å²) in [6.45, 7) is 5.27. The maximum absolute atomic E-state index is 11.1. The summed E-state index contributed by atoms with van der Waals surface area (Å²) < 4.78 is 5.12. The Balaban J connectivity index is 2.16. The van der Waals surface area contributed by atoms with Gasteiger partial charge in [-0.05, 0) is 20.3 Å². The van der Waals surface area contributed by atoms with E-state index in [1.54, 1.807) is 0 Å². The van der Waals surface area contributed by atoms with Gasteiger partial charge in [-0.15, -0.1) is 0 Å². The highest BCUT2D eigenvalue weighted by Gasteiger charge is 2.17. The van der Waals surface area contributed by atoms with Crippen molar-refractivity contribution >= 4 is 6.03 Å². The molecule has 0 spiro atoms. The Labute approximate surface area is 72.7 Å². The molecule has 1 fully saturated rings. The zero-order chi connectivity index (χ0) is 8.97. The van der Waals surface area contributed by atoms with E-state index in [4.69, 9.17) is 4.74 Å². The first-order chi connectivity index (χ1) is 5.68. The quantitative estimate of drug-likeness (QED) is 0.636. The van der Waals surface area contributed by atoms with Crippen LogP contribution in [-0.4, -0.2) is 31.3 Å². The zero-order valence-electron chi connectivity index (χ0n) is 7.59. The second-order valence-electron chi connectivity index (χ2n) is 3.33. The highest BCUT2D eigenvalue weighted by molar-refractivity contribution is 5.74. The molecule has 0 aliphatic carbocycles. The van der Waals surface area contributed by atoms with Crippen LogP contribution in [0.15, 0.2) is 0 Å². The van der Waals surface area contributed by atoms with Crippen molar-refractivity contribution in [2.75, 3.05) is 13.2 Å². The predicted octanol–water partition coefficient (Wildman–Crippen LogP) is 0.483. The summed E-state index contributed by atoms with van der Waals surface area (Å²) in [5, 5.41) is 5.60. The average molecular weight is 172 g/mol. The third-order valence-corrected chi connectivity index (χ3v) is 1.68. The molecule has 1 heterocycles. The van der Waals surface area contributed by atoms with E-state index >= 15 is 0 Å². The first kappa shape index (κ1) is 9.32. The van der Waals surface area contributed by atoms with Gasteiger partial charge in [0, 0.05) is 12.6 Å². The van der Waals surface area contributed by atoms with Crippen LogP contribution >= 0.6 is 0 Å². The van der Waals surface area contributed by atoms with Crippen LogP contribution in [0.2, 0.25) is 0 Å². The normalized spacial score (nSPS) is 22.8. The maximum atomic E-state index is 11.1. The Morgan fingerprint density at radius 2 is 2.33 bits per heavy atom. The van der Waals surface area contributed by atoms with Crippen molar-refractivity contribution < 1.29 is 9.53 Å². The van der Waals surface area contributed by atoms with Crippen LogP contribution in [0.1, 0.15) is 20.3 Å². The first-order valence-electron chi connectivity index (χ1n) is 4.33. The molecule has 1 aliphatic heterocycles. The Kier molecular flexibility index (Phi) is 3.34. The largest absolute Gasteiger partial charge is 0.379 e. The van der Waals surface area contributed by atoms with Crippen molar-refractivity contribution in [1.29, 1.82) is 0 Å². The molecule has 2 amide bonds. The molecule has 4 heteroatoms. The average Bonchev–Trinajstić information content (AvgIpc) is 2.37. The van der Waals surface area contributed by atoms with Crippen LogP contribution in [-0.2, 0) is 4.74 Å². The SMILES string of the molecule is CC(C)NC(=O)NC1CCOC1. The molecule has 4 nitrogen and oxygen atoms in total. The first-order valence-corrected chi connectivity index (χ1v) is 4.33. The molecule has 0 radical (unpaired) electrons. The van der Waals surface area contributed by atoms with Gasteiger partial charge in [0.15, 0.2) is 0 Å². The molecule has 0 aromatic heterocycles. The molecule has 12 heavy (non-hydrogen) atoms. The number of amides is 2. The molecular formula is C8H16N2O2. The van der Waals surface area contributed by atoms with E-state index in [1.807, 2.05) is 13.8 Å². The van der Waals surface area contributed by atoms with E-state index in [2.05, 4.69) is 10.6 Å². The van der Waals surface area contributed by atoms with Gasteiger partial charge in [0.1, 0.15) is 0 Å². The van der Waals surface area contributed by atoms with E-state index in [1.165, 1.54) is 0 Å². The summed E-state index contributed by atoms with van der Waals surface area (Å²) in [5.41, 5.74) is 0. The van der Waals surface area contributed by atoms with Crippen molar-refractivity contribution in [1.82, 2.24) is 10.6 Å². The van der Waals surface area contributed by atoms with Crippen LogP contribution in [0.5, 0.6) is 0 Å². The van der Waals surface area contributed by atoms with Crippen molar-refractivity contribution in [3.05, 3.63) is 0 Å². The summed E-state index contributed by atoms with van der Waals surface area (Å²) in [5.74, 6) is 0. The molecular weight excluding hydrogens is 156 g/mol. The van der Waals surface area contributed by atoms with Gasteiger partial charge in [0.05, 0.1) is 12.6 Å². The van der Waals surface area contributed by atoms with Gasteiger partial charge in [0.2, 0.25) is 0 Å². The summed E-state index contributed by atoms with van der Waals surface area (Å²) in [7, 11) is 0. The predicted molar refractivity (Wildman–Crippen MR) is 46.0 cm³/mol. The number of urea groups is 1. The Morgan fingerprint density at radius 1 is 1.58 bits per heavy atom. The number of hydrogen-bond acceptors (Lipinski definition) is 2. The number of nitrogens with one attached hydrogen (secondary N) is 2. The van der Waals surface area contributed by atoms with Crippen molar-refractivity contribution in [3.8, 4) is 0 Å². The molecule has 0 aromatic carbocycles. The third kappa shape index (κ3) is 3.09. The number of carbonyl (C=O) groups is 1. The second-order valence-corrected chi connectivity index (χ2v) is 3.33. The fourth-order valence-corrected chi connectivity index (χ4v) is 1.14. The van der Waals surface area contributed by atoms with Crippen LogP contribution in [0, 0.1) is 0 Å². The van der Waals surface area contributed by atoms with E-state index < -0.39 is 0 Å². The second kappa shape index (κ2) is 4.30. The topological polar surface area (TPSA) is 50.4 Å². The summed E-state index contributed by atoms with van der Waals surface area (Å²) in [4.78, 5) is 11.1. The van der Waals surface area contributed by atoms with Crippen molar-refractivity contribution in [2.45, 2.75) is 32.4 Å². The molecule has 2 N–H and O–H groups in total. The smallest absolute Gasteiger partial charge is 0.315 e. The highest BCUT2D eigenvalue weighted by Crippen LogP contribution is 2.02. The van der Waals surface area contributed by atoms with Crippen LogP contribution < -0.4 is 10.6 Å². The number of ether oxygens (including phenoxy) is 1. The molecule has 0 bridgehead atoms. The number of hydrogen-bond donors (Lipinski definition) is 2. The van der Waals surface area contributed by atoms with Gasteiger partial charge in [-0.1, -0.05) is 0 Å². The summed E-state index contributed by atoms with van der Waals surface area (Å²) >= 11 is 0. The standard InChI is InChI=1S/C8H16N2O2/c1-6(2)9-8(11)10-7-3-4-12-5-7/h6-7H,3-5H2,1-2H3,(H2,9,10,11). The lowest BCUT2D eigenvalue weighted by Crippen LogP contribution is -2.44. The lowest BCUT2D eigenvalue weighted by molar-refractivity contribution is 0.188. The van der Waals surface area contributed by atoms with Gasteiger partial charge in [0.25, 0.3) is 0 Å². The minimum atomic E-state index is -0.0968. The van der Waals surface area contributed by atoms with Crippen LogP contribution in [0.25, 0.3) is 0 Å². The molecule has 0 saturated carbocycles. The summed E-state index contributed by atoms with van der Waals surface area (Å²) in [6, 6.07) is 0.288. The van der Waals surface area contributed by atoms with Gasteiger partial charge < -0.3 is 15.4 Å². The van der Waals surface area contributed by atoms with Gasteiger partial charge in [-0.25, -0.2) is 4.79 Å². The zero-order valence-corrected chi connectivity index (χ0v) is 7.59. The molecule has 1 unspecified atom stereocenters. The third-order valence-electron chi connectivity index (χ3n) is 1.68. The monoisotopic (exact) mass is 172 g/mol. The van der Waals surface area contributed by atoms with Crippen molar-refractivity contribution in [3.63, 3.8) is 0 Å². The molecule has 70 valence electrons. The minimum absolute atomic E-state index is 0.0968. The van der Waals surface area contributed by atoms with Crippen LogP contribution in [0.3, 0.4) is 0 Å². The lowest BCUT2D eigenvalue weighted by atomic mass is 10.3. The molecule has 0 aromatic rings. The number of rotatable bonds is 2. The Hall–Kier alpha value is -0.770. The fourth-order valence-electron chi connectivity index (χ4n) is 1.14. The number of carbonyl (C=O) groups excluding carboxylic acids is 1. The highest BCUT2D eigenvalue weighted by atomic mass is 16.5. The fraction of sp³-hybridized carbons (Fsp3) is 0.875. The maximum Gasteiger partial charge on any atom is 0.315 e. The van der Waals surface area contributed by atoms with E-state index in [0.29, 0.717) is 6.61 Å². The molecule has 1 rings (SSSR count). The Bertz CT molecular complexity index is 153. The molecule has 1 aliphatic rings. The van der Waals surface area contributed by atoms with Gasteiger partial charge in [-0.2, -0.15) is 0 Å². The van der Waals surface area contributed by atoms with E-state index in [9.17, 15) is 4.79 Å². The van der Waals surface area contributed by atoms with Gasteiger partial charge >= 0.3 is 6.03 Å². The van der Waals surface area contributed by atoms with Crippen LogP contribution in [0.4, 0.5) is 4.79 Å². The Morgan fingerprint density at radius 3 is 2.83 bits per heavy atom. The van der Waals surface area contributed by atoms with Gasteiger partial charge in [-0.3, -0.25) is 0 Å².